The van der Waals surface area contributed by atoms with Crippen molar-refractivity contribution < 1.29 is 9.53 Å². The molecule has 2 atom stereocenters. The molecular weight excluding hydrogens is 282 g/mol. The van der Waals surface area contributed by atoms with Crippen LogP contribution in [0.3, 0.4) is 0 Å². The number of halogens is 1. The molecule has 1 aliphatic heterocycles. The van der Waals surface area contributed by atoms with E-state index in [-0.39, 0.29) is 5.78 Å². The summed E-state index contributed by atoms with van der Waals surface area (Å²) >= 11 is 3.33. The molecule has 88 valence electrons. The predicted octanol–water partition coefficient (Wildman–Crippen LogP) is 2.80. The average molecular weight is 294 g/mol. The van der Waals surface area contributed by atoms with Crippen LogP contribution in [0.2, 0.25) is 0 Å². The van der Waals surface area contributed by atoms with Crippen LogP contribution in [0.15, 0.2) is 28.7 Å². The molecule has 1 heterocycles. The molecule has 1 aliphatic rings. The second kappa shape index (κ2) is 5.44. The van der Waals surface area contributed by atoms with Gasteiger partial charge in [-0.25, -0.2) is 0 Å². The van der Waals surface area contributed by atoms with Gasteiger partial charge in [-0.1, -0.05) is 28.1 Å². The maximum Gasteiger partial charge on any atom is 0.183 e. The minimum Gasteiger partial charge on any atom is -0.370 e. The highest BCUT2D eigenvalue weighted by atomic mass is 79.9. The number of ether oxygens (including phenoxy) is 1. The number of benzene rings is 1. The molecule has 2 unspecified atom stereocenters. The molecular formula is C13H12BrNO2. The fourth-order valence-corrected chi connectivity index (χ4v) is 2.21. The molecule has 17 heavy (non-hydrogen) atoms. The van der Waals surface area contributed by atoms with Gasteiger partial charge in [0.05, 0.1) is 6.07 Å². The van der Waals surface area contributed by atoms with Crippen molar-refractivity contribution in [3.63, 3.8) is 0 Å². The van der Waals surface area contributed by atoms with Gasteiger partial charge < -0.3 is 4.74 Å². The van der Waals surface area contributed by atoms with Gasteiger partial charge in [0.15, 0.2) is 5.78 Å². The first kappa shape index (κ1) is 12.3. The fourth-order valence-electron chi connectivity index (χ4n) is 1.95. The molecule has 0 radical (unpaired) electrons. The predicted molar refractivity (Wildman–Crippen MR) is 66.5 cm³/mol. The van der Waals surface area contributed by atoms with Crippen LogP contribution in [0, 0.1) is 11.3 Å². The molecule has 4 heteroatoms. The van der Waals surface area contributed by atoms with Crippen LogP contribution < -0.4 is 0 Å². The van der Waals surface area contributed by atoms with E-state index in [2.05, 4.69) is 22.0 Å². The van der Waals surface area contributed by atoms with Crippen LogP contribution in [-0.2, 0) is 9.53 Å². The second-order valence-electron chi connectivity index (χ2n) is 4.02. The van der Waals surface area contributed by atoms with Crippen LogP contribution in [0.5, 0.6) is 0 Å². The zero-order chi connectivity index (χ0) is 12.3. The van der Waals surface area contributed by atoms with Crippen molar-refractivity contribution in [3.05, 3.63) is 34.3 Å². The van der Waals surface area contributed by atoms with Crippen molar-refractivity contribution in [2.75, 3.05) is 6.61 Å². The number of hydrogen-bond acceptors (Lipinski definition) is 3. The molecule has 0 saturated carbocycles. The minimum absolute atomic E-state index is 0.118. The van der Waals surface area contributed by atoms with Crippen LogP contribution in [-0.4, -0.2) is 18.5 Å². The number of hydrogen-bond donors (Lipinski definition) is 0. The Morgan fingerprint density at radius 3 is 2.71 bits per heavy atom. The highest BCUT2D eigenvalue weighted by Crippen LogP contribution is 2.24. The van der Waals surface area contributed by atoms with Crippen LogP contribution in [0.1, 0.15) is 24.3 Å². The number of Topliss-reactive ketones (excluding diaryl/α,β-unsaturated/α-hetero) is 1. The summed E-state index contributed by atoms with van der Waals surface area (Å²) in [6.45, 7) is 0.620. The first-order valence-electron chi connectivity index (χ1n) is 5.53. The lowest BCUT2D eigenvalue weighted by atomic mass is 9.92. The van der Waals surface area contributed by atoms with Crippen LogP contribution in [0.4, 0.5) is 0 Å². The summed E-state index contributed by atoms with van der Waals surface area (Å²) in [5.74, 6) is -0.835. The monoisotopic (exact) mass is 293 g/mol. The van der Waals surface area contributed by atoms with Gasteiger partial charge in [-0.2, -0.15) is 5.26 Å². The lowest BCUT2D eigenvalue weighted by Crippen LogP contribution is -2.25. The third kappa shape index (κ3) is 2.74. The quantitative estimate of drug-likeness (QED) is 0.861. The Morgan fingerprint density at radius 2 is 2.18 bits per heavy atom. The average Bonchev–Trinajstić information content (AvgIpc) is 2.86. The Kier molecular flexibility index (Phi) is 3.93. The molecule has 1 aromatic rings. The Hall–Kier alpha value is -1.18. The molecule has 0 aliphatic carbocycles. The lowest BCUT2D eigenvalue weighted by molar-refractivity contribution is -0.128. The van der Waals surface area contributed by atoms with E-state index in [1.165, 1.54) is 0 Å². The third-order valence-electron chi connectivity index (χ3n) is 2.86. The van der Waals surface area contributed by atoms with E-state index in [9.17, 15) is 4.79 Å². The maximum absolute atomic E-state index is 12.1. The topological polar surface area (TPSA) is 50.1 Å². The van der Waals surface area contributed by atoms with Crippen molar-refractivity contribution in [1.82, 2.24) is 0 Å². The summed E-state index contributed by atoms with van der Waals surface area (Å²) in [4.78, 5) is 12.1. The maximum atomic E-state index is 12.1. The summed E-state index contributed by atoms with van der Waals surface area (Å²) in [6, 6.07) is 9.33. The van der Waals surface area contributed by atoms with Gasteiger partial charge in [0.2, 0.25) is 0 Å². The number of ketones is 1. The second-order valence-corrected chi connectivity index (χ2v) is 4.93. The Bertz CT molecular complexity index is 443. The molecule has 3 nitrogen and oxygen atoms in total. The minimum atomic E-state index is -0.716. The third-order valence-corrected chi connectivity index (χ3v) is 3.39. The zero-order valence-corrected chi connectivity index (χ0v) is 10.8. The summed E-state index contributed by atoms with van der Waals surface area (Å²) < 4.78 is 6.27. The summed E-state index contributed by atoms with van der Waals surface area (Å²) in [5, 5.41) is 9.14. The number of rotatable bonds is 3. The van der Waals surface area contributed by atoms with Gasteiger partial charge in [-0.05, 0) is 30.5 Å². The highest BCUT2D eigenvalue weighted by molar-refractivity contribution is 9.10. The molecule has 0 amide bonds. The van der Waals surface area contributed by atoms with E-state index in [1.807, 2.05) is 12.1 Å². The number of nitriles is 1. The normalized spacial score (nSPS) is 20.8. The van der Waals surface area contributed by atoms with Crippen molar-refractivity contribution in [2.24, 2.45) is 0 Å². The van der Waals surface area contributed by atoms with E-state index in [4.69, 9.17) is 10.00 Å². The Balaban J connectivity index is 2.18. The fraction of sp³-hybridized carbons (Fsp3) is 0.385. The van der Waals surface area contributed by atoms with E-state index >= 15 is 0 Å². The first-order chi connectivity index (χ1) is 8.22. The first-order valence-corrected chi connectivity index (χ1v) is 6.32. The standard InChI is InChI=1S/C13H12BrNO2/c14-10-5-3-9(4-6-10)11(8-15)13(16)12-2-1-7-17-12/h3-6,11-12H,1-2,7H2. The summed E-state index contributed by atoms with van der Waals surface area (Å²) in [7, 11) is 0. The van der Waals surface area contributed by atoms with E-state index in [0.29, 0.717) is 6.61 Å². The molecule has 0 N–H and O–H groups in total. The van der Waals surface area contributed by atoms with Gasteiger partial charge in [0.25, 0.3) is 0 Å². The molecule has 1 saturated heterocycles. The number of carbonyl (C=O) groups is 1. The summed E-state index contributed by atoms with van der Waals surface area (Å²) in [6.07, 6.45) is 1.23. The molecule has 0 aromatic heterocycles. The molecule has 2 rings (SSSR count). The largest absolute Gasteiger partial charge is 0.370 e. The highest BCUT2D eigenvalue weighted by Gasteiger charge is 2.31. The van der Waals surface area contributed by atoms with Crippen molar-refractivity contribution >= 4 is 21.7 Å². The molecule has 1 aromatic carbocycles. The smallest absolute Gasteiger partial charge is 0.183 e. The lowest BCUT2D eigenvalue weighted by Gasteiger charge is -2.13. The van der Waals surface area contributed by atoms with Crippen LogP contribution >= 0.6 is 15.9 Å². The van der Waals surface area contributed by atoms with Gasteiger partial charge in [-0.3, -0.25) is 4.79 Å². The van der Waals surface area contributed by atoms with Gasteiger partial charge >= 0.3 is 0 Å². The molecule has 0 bridgehead atoms. The molecule has 1 fully saturated rings. The number of carbonyl (C=O) groups excluding carboxylic acids is 1. The Morgan fingerprint density at radius 1 is 1.47 bits per heavy atom. The summed E-state index contributed by atoms with van der Waals surface area (Å²) in [5.41, 5.74) is 0.733. The van der Waals surface area contributed by atoms with Gasteiger partial charge in [0, 0.05) is 11.1 Å². The van der Waals surface area contributed by atoms with Crippen molar-refractivity contribution in [3.8, 4) is 6.07 Å². The van der Waals surface area contributed by atoms with E-state index in [0.717, 1.165) is 22.9 Å². The van der Waals surface area contributed by atoms with Gasteiger partial charge in [-0.15, -0.1) is 0 Å². The van der Waals surface area contributed by atoms with Gasteiger partial charge in [0.1, 0.15) is 12.0 Å². The van der Waals surface area contributed by atoms with Crippen molar-refractivity contribution in [2.45, 2.75) is 24.9 Å². The van der Waals surface area contributed by atoms with Crippen LogP contribution in [0.25, 0.3) is 0 Å². The number of nitrogens with zero attached hydrogens (tertiary/aromatic N) is 1. The Labute approximate surface area is 109 Å². The SMILES string of the molecule is N#CC(C(=O)C1CCCO1)c1ccc(Br)cc1. The van der Waals surface area contributed by atoms with E-state index < -0.39 is 12.0 Å². The van der Waals surface area contributed by atoms with E-state index in [1.54, 1.807) is 12.1 Å². The zero-order valence-electron chi connectivity index (χ0n) is 9.23. The van der Waals surface area contributed by atoms with Crippen molar-refractivity contribution in [1.29, 1.82) is 5.26 Å². The molecule has 0 spiro atoms.